The molecule has 1 fully saturated rings. The van der Waals surface area contributed by atoms with Gasteiger partial charge in [0.15, 0.2) is 11.6 Å². The Morgan fingerprint density at radius 3 is 2.32 bits per heavy atom. The predicted molar refractivity (Wildman–Crippen MR) is 106 cm³/mol. The Balaban J connectivity index is 1.32. The van der Waals surface area contributed by atoms with E-state index >= 15 is 0 Å². The Kier molecular flexibility index (Phi) is 5.29. The number of hydrogen-bond acceptors (Lipinski definition) is 6. The summed E-state index contributed by atoms with van der Waals surface area (Å²) in [6.45, 7) is 2.68. The van der Waals surface area contributed by atoms with Crippen LogP contribution in [0.15, 0.2) is 55.1 Å². The van der Waals surface area contributed by atoms with Crippen molar-refractivity contribution in [2.45, 2.75) is 0 Å². The van der Waals surface area contributed by atoms with Gasteiger partial charge >= 0.3 is 0 Å². The van der Waals surface area contributed by atoms with Gasteiger partial charge in [-0.15, -0.1) is 10.2 Å². The monoisotopic (exact) mass is 395 g/mol. The van der Waals surface area contributed by atoms with Crippen molar-refractivity contribution in [1.29, 1.82) is 0 Å². The Hall–Kier alpha value is -3.26. The molecule has 2 aromatic heterocycles. The first-order chi connectivity index (χ1) is 13.7. The zero-order valence-electron chi connectivity index (χ0n) is 15.0. The van der Waals surface area contributed by atoms with Crippen LogP contribution in [-0.2, 0) is 4.79 Å². The molecule has 0 N–H and O–H groups in total. The second kappa shape index (κ2) is 8.18. The lowest BCUT2D eigenvalue weighted by molar-refractivity contribution is -0.126. The van der Waals surface area contributed by atoms with E-state index in [0.29, 0.717) is 37.0 Å². The van der Waals surface area contributed by atoms with Crippen LogP contribution in [0.2, 0.25) is 5.02 Å². The molecular formula is C19H18ClN7O. The number of benzene rings is 1. The second-order valence-electron chi connectivity index (χ2n) is 6.29. The quantitative estimate of drug-likeness (QED) is 0.629. The summed E-state index contributed by atoms with van der Waals surface area (Å²) >= 11 is 5.87. The SMILES string of the molecule is O=C(/C=C/c1ccc(Cl)cc1)N1CCN(c2ccc(-n3cncn3)nn2)CC1. The van der Waals surface area contributed by atoms with Crippen molar-refractivity contribution in [3.05, 3.63) is 65.7 Å². The molecule has 0 saturated carbocycles. The van der Waals surface area contributed by atoms with Crippen molar-refractivity contribution in [2.75, 3.05) is 31.1 Å². The van der Waals surface area contributed by atoms with E-state index in [2.05, 4.69) is 25.2 Å². The van der Waals surface area contributed by atoms with Crippen LogP contribution in [0.1, 0.15) is 5.56 Å². The van der Waals surface area contributed by atoms with Crippen LogP contribution in [-0.4, -0.2) is 61.9 Å². The fourth-order valence-corrected chi connectivity index (χ4v) is 3.06. The van der Waals surface area contributed by atoms with E-state index < -0.39 is 0 Å². The van der Waals surface area contributed by atoms with Gasteiger partial charge in [-0.25, -0.2) is 9.67 Å². The average Bonchev–Trinajstić information content (AvgIpc) is 3.28. The van der Waals surface area contributed by atoms with Crippen LogP contribution >= 0.6 is 11.6 Å². The van der Waals surface area contributed by atoms with E-state index in [0.717, 1.165) is 11.4 Å². The Bertz CT molecular complexity index is 947. The number of nitrogens with zero attached hydrogens (tertiary/aromatic N) is 7. The van der Waals surface area contributed by atoms with Crippen molar-refractivity contribution < 1.29 is 4.79 Å². The summed E-state index contributed by atoms with van der Waals surface area (Å²) in [5.41, 5.74) is 0.944. The zero-order chi connectivity index (χ0) is 19.3. The maximum absolute atomic E-state index is 12.4. The maximum atomic E-state index is 12.4. The van der Waals surface area contributed by atoms with Gasteiger partial charge in [-0.2, -0.15) is 5.10 Å². The van der Waals surface area contributed by atoms with E-state index in [1.54, 1.807) is 35.3 Å². The van der Waals surface area contributed by atoms with E-state index in [-0.39, 0.29) is 5.91 Å². The summed E-state index contributed by atoms with van der Waals surface area (Å²) in [7, 11) is 0. The molecule has 8 nitrogen and oxygen atoms in total. The highest BCUT2D eigenvalue weighted by atomic mass is 35.5. The lowest BCUT2D eigenvalue weighted by Crippen LogP contribution is -2.48. The Labute approximate surface area is 167 Å². The number of hydrogen-bond donors (Lipinski definition) is 0. The van der Waals surface area contributed by atoms with Gasteiger partial charge in [0.1, 0.15) is 12.7 Å². The third-order valence-electron chi connectivity index (χ3n) is 4.49. The first kappa shape index (κ1) is 18.1. The molecule has 0 atom stereocenters. The molecule has 3 aromatic rings. The van der Waals surface area contributed by atoms with Crippen LogP contribution < -0.4 is 4.90 Å². The molecule has 28 heavy (non-hydrogen) atoms. The molecule has 1 aliphatic heterocycles. The number of rotatable bonds is 4. The van der Waals surface area contributed by atoms with Gasteiger partial charge in [0.05, 0.1) is 0 Å². The molecule has 1 saturated heterocycles. The summed E-state index contributed by atoms with van der Waals surface area (Å²) in [4.78, 5) is 20.3. The standard InChI is InChI=1S/C19H18ClN7O/c20-16-4-1-15(2-5-16)3-8-19(28)26-11-9-25(10-12-26)17-6-7-18(24-23-17)27-14-21-13-22-27/h1-8,13-14H,9-12H2/b8-3+. The molecule has 0 spiro atoms. The van der Waals surface area contributed by atoms with Gasteiger partial charge < -0.3 is 9.80 Å². The number of amides is 1. The molecule has 1 aromatic carbocycles. The molecule has 3 heterocycles. The lowest BCUT2D eigenvalue weighted by Gasteiger charge is -2.34. The summed E-state index contributed by atoms with van der Waals surface area (Å²) in [6, 6.07) is 11.1. The van der Waals surface area contributed by atoms with Crippen LogP contribution in [0.4, 0.5) is 5.82 Å². The normalized spacial score (nSPS) is 14.6. The van der Waals surface area contributed by atoms with E-state index in [1.165, 1.54) is 6.33 Å². The van der Waals surface area contributed by atoms with Crippen LogP contribution in [0, 0.1) is 0 Å². The maximum Gasteiger partial charge on any atom is 0.246 e. The first-order valence-corrected chi connectivity index (χ1v) is 9.23. The summed E-state index contributed by atoms with van der Waals surface area (Å²) in [5.74, 6) is 1.40. The van der Waals surface area contributed by atoms with Gasteiger partial charge in [0.25, 0.3) is 0 Å². The lowest BCUT2D eigenvalue weighted by atomic mass is 10.2. The fourth-order valence-electron chi connectivity index (χ4n) is 2.94. The first-order valence-electron chi connectivity index (χ1n) is 8.85. The van der Waals surface area contributed by atoms with Gasteiger partial charge in [-0.05, 0) is 35.9 Å². The van der Waals surface area contributed by atoms with E-state index in [4.69, 9.17) is 11.6 Å². The molecule has 1 aliphatic rings. The van der Waals surface area contributed by atoms with Crippen LogP contribution in [0.5, 0.6) is 0 Å². The van der Waals surface area contributed by atoms with Crippen LogP contribution in [0.25, 0.3) is 11.9 Å². The highest BCUT2D eigenvalue weighted by molar-refractivity contribution is 6.30. The number of carbonyl (C=O) groups is 1. The number of piperazine rings is 1. The molecule has 142 valence electrons. The minimum atomic E-state index is 0.00205. The zero-order valence-corrected chi connectivity index (χ0v) is 15.8. The van der Waals surface area contributed by atoms with Gasteiger partial charge in [-0.3, -0.25) is 4.79 Å². The largest absolute Gasteiger partial charge is 0.352 e. The average molecular weight is 396 g/mol. The van der Waals surface area contributed by atoms with Crippen molar-refractivity contribution >= 4 is 29.4 Å². The minimum Gasteiger partial charge on any atom is -0.352 e. The van der Waals surface area contributed by atoms with Crippen molar-refractivity contribution in [2.24, 2.45) is 0 Å². The number of anilines is 1. The molecule has 9 heteroatoms. The number of halogens is 1. The molecule has 1 amide bonds. The van der Waals surface area contributed by atoms with Crippen molar-refractivity contribution in [3.63, 3.8) is 0 Å². The Morgan fingerprint density at radius 2 is 1.68 bits per heavy atom. The summed E-state index contributed by atoms with van der Waals surface area (Å²) in [6.07, 6.45) is 6.43. The third kappa shape index (κ3) is 4.17. The molecule has 0 radical (unpaired) electrons. The molecule has 0 aliphatic carbocycles. The van der Waals surface area contributed by atoms with Crippen molar-refractivity contribution in [3.8, 4) is 5.82 Å². The highest BCUT2D eigenvalue weighted by Gasteiger charge is 2.20. The van der Waals surface area contributed by atoms with Gasteiger partial charge in [0.2, 0.25) is 5.91 Å². The van der Waals surface area contributed by atoms with E-state index in [9.17, 15) is 4.79 Å². The summed E-state index contributed by atoms with van der Waals surface area (Å²) in [5, 5.41) is 13.2. The Morgan fingerprint density at radius 1 is 0.964 bits per heavy atom. The highest BCUT2D eigenvalue weighted by Crippen LogP contribution is 2.15. The topological polar surface area (TPSA) is 80.0 Å². The molecule has 0 bridgehead atoms. The molecule has 0 unspecified atom stereocenters. The third-order valence-corrected chi connectivity index (χ3v) is 4.75. The smallest absolute Gasteiger partial charge is 0.246 e. The van der Waals surface area contributed by atoms with Crippen molar-refractivity contribution in [1.82, 2.24) is 29.9 Å². The predicted octanol–water partition coefficient (Wildman–Crippen LogP) is 2.07. The molecule has 4 rings (SSSR count). The van der Waals surface area contributed by atoms with Gasteiger partial charge in [-0.1, -0.05) is 23.7 Å². The second-order valence-corrected chi connectivity index (χ2v) is 6.72. The van der Waals surface area contributed by atoms with E-state index in [1.807, 2.05) is 29.2 Å². The fraction of sp³-hybridized carbons (Fsp3) is 0.211. The molecular weight excluding hydrogens is 378 g/mol. The number of carbonyl (C=O) groups excluding carboxylic acids is 1. The summed E-state index contributed by atoms with van der Waals surface area (Å²) < 4.78 is 1.56. The van der Waals surface area contributed by atoms with Crippen LogP contribution in [0.3, 0.4) is 0 Å². The number of aromatic nitrogens is 5. The van der Waals surface area contributed by atoms with Gasteiger partial charge in [0, 0.05) is 37.3 Å². The minimum absolute atomic E-state index is 0.00205.